The van der Waals surface area contributed by atoms with Crippen molar-refractivity contribution >= 4 is 5.97 Å². The molecule has 0 aliphatic heterocycles. The van der Waals surface area contributed by atoms with Gasteiger partial charge in [-0.15, -0.1) is 0 Å². The minimum atomic E-state index is -0.985. The van der Waals surface area contributed by atoms with Crippen LogP contribution in [0.5, 0.6) is 11.5 Å². The SMILES string of the molecule is O=C(O)c1ccc(C(c2ccccc2)(c2ccc(O)cc2)c2ccc(O)cc2)cc1. The zero-order valence-corrected chi connectivity index (χ0v) is 16.1. The fraction of sp³-hybridized carbons (Fsp3) is 0.0385. The van der Waals surface area contributed by atoms with Gasteiger partial charge in [-0.05, 0) is 58.7 Å². The fourth-order valence-corrected chi connectivity index (χ4v) is 3.97. The summed E-state index contributed by atoms with van der Waals surface area (Å²) in [5, 5.41) is 29.1. The van der Waals surface area contributed by atoms with Crippen LogP contribution in [-0.4, -0.2) is 21.3 Å². The second-order valence-corrected chi connectivity index (χ2v) is 7.09. The van der Waals surface area contributed by atoms with Gasteiger partial charge in [0.05, 0.1) is 11.0 Å². The van der Waals surface area contributed by atoms with Crippen molar-refractivity contribution in [2.24, 2.45) is 0 Å². The van der Waals surface area contributed by atoms with Gasteiger partial charge in [-0.1, -0.05) is 66.7 Å². The largest absolute Gasteiger partial charge is 0.508 e. The van der Waals surface area contributed by atoms with Gasteiger partial charge >= 0.3 is 5.97 Å². The number of carboxylic acids is 1. The molecule has 0 fully saturated rings. The van der Waals surface area contributed by atoms with Crippen molar-refractivity contribution in [3.05, 3.63) is 131 Å². The van der Waals surface area contributed by atoms with Crippen molar-refractivity contribution in [2.75, 3.05) is 0 Å². The molecule has 0 saturated carbocycles. The summed E-state index contributed by atoms with van der Waals surface area (Å²) in [5.74, 6) is -0.665. The Labute approximate surface area is 174 Å². The first kappa shape index (κ1) is 19.3. The van der Waals surface area contributed by atoms with Gasteiger partial charge in [0.1, 0.15) is 11.5 Å². The molecular weight excluding hydrogens is 376 g/mol. The third kappa shape index (κ3) is 3.29. The summed E-state index contributed by atoms with van der Waals surface area (Å²) in [5.41, 5.74) is 3.08. The lowest BCUT2D eigenvalue weighted by molar-refractivity contribution is 0.0697. The monoisotopic (exact) mass is 396 g/mol. The van der Waals surface area contributed by atoms with E-state index < -0.39 is 11.4 Å². The lowest BCUT2D eigenvalue weighted by Gasteiger charge is -2.37. The molecule has 30 heavy (non-hydrogen) atoms. The second kappa shape index (κ2) is 7.76. The summed E-state index contributed by atoms with van der Waals surface area (Å²) in [6.45, 7) is 0. The summed E-state index contributed by atoms with van der Waals surface area (Å²) in [4.78, 5) is 11.4. The molecule has 4 heteroatoms. The highest BCUT2D eigenvalue weighted by Crippen LogP contribution is 2.45. The van der Waals surface area contributed by atoms with E-state index in [2.05, 4.69) is 0 Å². The first-order valence-electron chi connectivity index (χ1n) is 9.50. The van der Waals surface area contributed by atoms with E-state index in [1.54, 1.807) is 36.4 Å². The van der Waals surface area contributed by atoms with Crippen LogP contribution in [0.4, 0.5) is 0 Å². The predicted octanol–water partition coefficient (Wildman–Crippen LogP) is 5.18. The summed E-state index contributed by atoms with van der Waals surface area (Å²) < 4.78 is 0. The van der Waals surface area contributed by atoms with Gasteiger partial charge in [0.15, 0.2) is 0 Å². The lowest BCUT2D eigenvalue weighted by Crippen LogP contribution is -2.31. The molecule has 0 atom stereocenters. The Morgan fingerprint density at radius 2 is 0.900 bits per heavy atom. The third-order valence-electron chi connectivity index (χ3n) is 5.37. The van der Waals surface area contributed by atoms with E-state index in [1.807, 2.05) is 66.7 Å². The van der Waals surface area contributed by atoms with Crippen molar-refractivity contribution in [3.8, 4) is 11.5 Å². The Morgan fingerprint density at radius 3 is 1.30 bits per heavy atom. The van der Waals surface area contributed by atoms with E-state index in [0.717, 1.165) is 22.3 Å². The average Bonchev–Trinajstić information content (AvgIpc) is 2.78. The molecule has 0 aliphatic rings. The zero-order valence-electron chi connectivity index (χ0n) is 16.1. The van der Waals surface area contributed by atoms with Gasteiger partial charge < -0.3 is 15.3 Å². The summed E-state index contributed by atoms with van der Waals surface area (Å²) in [6.07, 6.45) is 0. The fourth-order valence-electron chi connectivity index (χ4n) is 3.97. The Kier molecular flexibility index (Phi) is 4.98. The number of carboxylic acid groups (broad SMARTS) is 1. The molecule has 0 unspecified atom stereocenters. The number of benzene rings is 4. The van der Waals surface area contributed by atoms with E-state index in [4.69, 9.17) is 0 Å². The standard InChI is InChI=1S/C26H20O4/c27-23-14-10-21(11-15-23)26(19-4-2-1-3-5-19,22-12-16-24(28)17-13-22)20-8-6-18(7-9-20)25(29)30/h1-17,27-28H,(H,29,30). The number of carbonyl (C=O) groups is 1. The van der Waals surface area contributed by atoms with Gasteiger partial charge in [-0.25, -0.2) is 4.79 Å². The van der Waals surface area contributed by atoms with Gasteiger partial charge in [0, 0.05) is 0 Å². The van der Waals surface area contributed by atoms with E-state index in [9.17, 15) is 20.1 Å². The maximum atomic E-state index is 11.4. The van der Waals surface area contributed by atoms with E-state index in [-0.39, 0.29) is 17.1 Å². The van der Waals surface area contributed by atoms with Crippen LogP contribution in [-0.2, 0) is 5.41 Å². The number of aromatic carboxylic acids is 1. The van der Waals surface area contributed by atoms with Crippen molar-refractivity contribution in [1.29, 1.82) is 0 Å². The number of hydrogen-bond acceptors (Lipinski definition) is 3. The van der Waals surface area contributed by atoms with E-state index in [1.165, 1.54) is 0 Å². The molecule has 0 radical (unpaired) electrons. The van der Waals surface area contributed by atoms with E-state index >= 15 is 0 Å². The van der Waals surface area contributed by atoms with Crippen LogP contribution in [0.1, 0.15) is 32.6 Å². The Bertz CT molecular complexity index is 1100. The number of aromatic hydroxyl groups is 2. The molecule has 3 N–H and O–H groups in total. The highest BCUT2D eigenvalue weighted by molar-refractivity contribution is 5.87. The smallest absolute Gasteiger partial charge is 0.335 e. The lowest BCUT2D eigenvalue weighted by atomic mass is 9.65. The quantitative estimate of drug-likeness (QED) is 0.406. The van der Waals surface area contributed by atoms with E-state index in [0.29, 0.717) is 0 Å². The number of phenolic OH excluding ortho intramolecular Hbond substituents is 2. The van der Waals surface area contributed by atoms with Crippen LogP contribution in [0.2, 0.25) is 0 Å². The van der Waals surface area contributed by atoms with Crippen molar-refractivity contribution in [1.82, 2.24) is 0 Å². The summed E-state index contributed by atoms with van der Waals surface area (Å²) in [7, 11) is 0. The topological polar surface area (TPSA) is 77.8 Å². The highest BCUT2D eigenvalue weighted by atomic mass is 16.4. The van der Waals surface area contributed by atoms with Gasteiger partial charge in [-0.2, -0.15) is 0 Å². The molecule has 0 heterocycles. The molecule has 0 aliphatic carbocycles. The first-order valence-corrected chi connectivity index (χ1v) is 9.50. The first-order chi connectivity index (χ1) is 14.5. The molecule has 4 rings (SSSR count). The van der Waals surface area contributed by atoms with Crippen LogP contribution in [0.25, 0.3) is 0 Å². The second-order valence-electron chi connectivity index (χ2n) is 7.09. The van der Waals surface area contributed by atoms with Crippen molar-refractivity contribution < 1.29 is 20.1 Å². The van der Waals surface area contributed by atoms with Crippen LogP contribution < -0.4 is 0 Å². The molecule has 4 aromatic carbocycles. The Morgan fingerprint density at radius 1 is 0.533 bits per heavy atom. The minimum absolute atomic E-state index is 0.160. The minimum Gasteiger partial charge on any atom is -0.508 e. The molecule has 0 amide bonds. The van der Waals surface area contributed by atoms with Gasteiger partial charge in [0.25, 0.3) is 0 Å². The van der Waals surface area contributed by atoms with Crippen LogP contribution in [0.15, 0.2) is 103 Å². The van der Waals surface area contributed by atoms with Crippen molar-refractivity contribution in [2.45, 2.75) is 5.41 Å². The number of rotatable bonds is 5. The molecular formula is C26H20O4. The zero-order chi connectivity index (χ0) is 21.1. The van der Waals surface area contributed by atoms with Gasteiger partial charge in [0.2, 0.25) is 0 Å². The van der Waals surface area contributed by atoms with Crippen LogP contribution >= 0.6 is 0 Å². The Hall–Kier alpha value is -4.05. The average molecular weight is 396 g/mol. The van der Waals surface area contributed by atoms with Crippen LogP contribution in [0, 0.1) is 0 Å². The molecule has 148 valence electrons. The Balaban J connectivity index is 2.09. The molecule has 0 spiro atoms. The third-order valence-corrected chi connectivity index (χ3v) is 5.37. The highest BCUT2D eigenvalue weighted by Gasteiger charge is 2.38. The summed E-state index contributed by atoms with van der Waals surface area (Å²) in [6, 6.07) is 30.7. The molecule has 0 saturated heterocycles. The summed E-state index contributed by atoms with van der Waals surface area (Å²) >= 11 is 0. The molecule has 4 aromatic rings. The molecule has 4 nitrogen and oxygen atoms in total. The number of phenols is 2. The maximum Gasteiger partial charge on any atom is 0.335 e. The van der Waals surface area contributed by atoms with Crippen molar-refractivity contribution in [3.63, 3.8) is 0 Å². The molecule has 0 bridgehead atoms. The molecule has 0 aromatic heterocycles. The number of hydrogen-bond donors (Lipinski definition) is 3. The van der Waals surface area contributed by atoms with Gasteiger partial charge in [-0.3, -0.25) is 0 Å². The van der Waals surface area contributed by atoms with Crippen LogP contribution in [0.3, 0.4) is 0 Å². The predicted molar refractivity (Wildman–Crippen MR) is 115 cm³/mol. The maximum absolute atomic E-state index is 11.4. The normalized spacial score (nSPS) is 11.2.